The average molecular weight is 480 g/mol. The van der Waals surface area contributed by atoms with E-state index in [0.29, 0.717) is 23.6 Å². The minimum atomic E-state index is -0.417. The van der Waals surface area contributed by atoms with Crippen molar-refractivity contribution in [3.05, 3.63) is 108 Å². The number of hydrogen-bond donors (Lipinski definition) is 2. The Bertz CT molecular complexity index is 1590. The third kappa shape index (κ3) is 4.46. The van der Waals surface area contributed by atoms with Gasteiger partial charge in [0.1, 0.15) is 17.2 Å². The number of nitrogens with two attached hydrogens (primary N) is 1. The van der Waals surface area contributed by atoms with E-state index in [1.807, 2.05) is 71.3 Å². The van der Waals surface area contributed by atoms with Gasteiger partial charge in [-0.25, -0.2) is 4.79 Å². The summed E-state index contributed by atoms with van der Waals surface area (Å²) in [7, 11) is 0. The first kappa shape index (κ1) is 23.0. The maximum absolute atomic E-state index is 12.9. The molecule has 4 aromatic carbocycles. The summed E-state index contributed by atoms with van der Waals surface area (Å²) in [5.41, 5.74) is 8.55. The minimum Gasteiger partial charge on any atom is -0.461 e. The molecule has 0 aliphatic heterocycles. The van der Waals surface area contributed by atoms with Gasteiger partial charge in [0.15, 0.2) is 5.84 Å². The van der Waals surface area contributed by atoms with Crippen LogP contribution in [0.2, 0.25) is 0 Å². The maximum atomic E-state index is 12.9. The average Bonchev–Trinajstić information content (AvgIpc) is 3.26. The van der Waals surface area contributed by atoms with E-state index >= 15 is 0 Å². The predicted octanol–water partition coefficient (Wildman–Crippen LogP) is 5.91. The molecule has 180 valence electrons. The number of nitrogens with zero attached hydrogens (tertiary/aromatic N) is 2. The molecule has 1 heterocycles. The normalized spacial score (nSPS) is 11.6. The topological polar surface area (TPSA) is 99.1 Å². The van der Waals surface area contributed by atoms with Crippen molar-refractivity contribution in [1.29, 1.82) is 0 Å². The summed E-state index contributed by atoms with van der Waals surface area (Å²) in [6.45, 7) is 2.42. The van der Waals surface area contributed by atoms with Gasteiger partial charge in [0.25, 0.3) is 0 Å². The Morgan fingerprint density at radius 3 is 2.47 bits per heavy atom. The number of para-hydroxylation sites is 1. The smallest absolute Gasteiger partial charge is 0.354 e. The minimum absolute atomic E-state index is 0.00829. The van der Waals surface area contributed by atoms with Gasteiger partial charge in [-0.2, -0.15) is 0 Å². The summed E-state index contributed by atoms with van der Waals surface area (Å²) >= 11 is 0. The second kappa shape index (κ2) is 9.84. The lowest BCUT2D eigenvalue weighted by Gasteiger charge is -2.15. The maximum Gasteiger partial charge on any atom is 0.354 e. The van der Waals surface area contributed by atoms with Gasteiger partial charge in [0.05, 0.1) is 6.61 Å². The molecule has 0 aliphatic carbocycles. The van der Waals surface area contributed by atoms with E-state index in [9.17, 15) is 4.79 Å². The van der Waals surface area contributed by atoms with Gasteiger partial charge in [-0.15, -0.1) is 0 Å². The molecule has 36 heavy (non-hydrogen) atoms. The Balaban J connectivity index is 1.67. The highest BCUT2D eigenvalue weighted by Crippen LogP contribution is 2.31. The fraction of sp³-hybridized carbons (Fsp3) is 0.103. The van der Waals surface area contributed by atoms with Crippen LogP contribution in [0.15, 0.2) is 96.2 Å². The van der Waals surface area contributed by atoms with Crippen LogP contribution >= 0.6 is 0 Å². The molecule has 5 aromatic rings. The number of rotatable bonds is 7. The van der Waals surface area contributed by atoms with Crippen LogP contribution in [0.3, 0.4) is 0 Å². The quantitative estimate of drug-likeness (QED) is 0.0994. The van der Waals surface area contributed by atoms with E-state index in [-0.39, 0.29) is 12.4 Å². The van der Waals surface area contributed by atoms with Gasteiger partial charge in [-0.3, -0.25) is 0 Å². The van der Waals surface area contributed by atoms with Gasteiger partial charge in [-0.05, 0) is 59.7 Å². The van der Waals surface area contributed by atoms with E-state index in [4.69, 9.17) is 20.4 Å². The first-order chi connectivity index (χ1) is 17.6. The van der Waals surface area contributed by atoms with E-state index in [0.717, 1.165) is 33.0 Å². The van der Waals surface area contributed by atoms with E-state index in [1.54, 1.807) is 25.1 Å². The third-order valence-electron chi connectivity index (χ3n) is 6.02. The highest BCUT2D eigenvalue weighted by atomic mass is 16.5. The van der Waals surface area contributed by atoms with Crippen LogP contribution in [0, 0.1) is 0 Å². The van der Waals surface area contributed by atoms with Gasteiger partial charge in [0.2, 0.25) is 0 Å². The first-order valence-corrected chi connectivity index (χ1v) is 11.6. The van der Waals surface area contributed by atoms with Crippen LogP contribution in [-0.4, -0.2) is 28.2 Å². The van der Waals surface area contributed by atoms with Crippen molar-refractivity contribution >= 4 is 33.5 Å². The molecular formula is C29H25N3O4. The fourth-order valence-corrected chi connectivity index (χ4v) is 4.36. The molecule has 1 aromatic heterocycles. The summed E-state index contributed by atoms with van der Waals surface area (Å²) in [4.78, 5) is 12.9. The summed E-state index contributed by atoms with van der Waals surface area (Å²) < 4.78 is 13.4. The zero-order chi connectivity index (χ0) is 25.1. The molecule has 5 rings (SSSR count). The number of carbonyl (C=O) groups is 1. The second-order valence-corrected chi connectivity index (χ2v) is 8.31. The number of benzene rings is 4. The van der Waals surface area contributed by atoms with Crippen molar-refractivity contribution in [3.8, 4) is 11.5 Å². The summed E-state index contributed by atoms with van der Waals surface area (Å²) in [5.74, 6) is 1.01. The Morgan fingerprint density at radius 2 is 1.69 bits per heavy atom. The zero-order valence-corrected chi connectivity index (χ0v) is 19.7. The monoisotopic (exact) mass is 479 g/mol. The van der Waals surface area contributed by atoms with Crippen LogP contribution in [0.4, 0.5) is 0 Å². The zero-order valence-electron chi connectivity index (χ0n) is 19.7. The Hall–Kier alpha value is -4.78. The SMILES string of the molecule is CCOC(=O)c1cc2ccc(/C(N)=N/O)cc2n1Cc1cc(Oc2ccccc2)cc2ccccc12. The second-order valence-electron chi connectivity index (χ2n) is 8.31. The lowest BCUT2D eigenvalue weighted by Crippen LogP contribution is -2.14. The number of esters is 1. The van der Waals surface area contributed by atoms with Gasteiger partial charge >= 0.3 is 5.97 Å². The number of ether oxygens (including phenoxy) is 2. The molecule has 0 atom stereocenters. The van der Waals surface area contributed by atoms with Crippen molar-refractivity contribution in [1.82, 2.24) is 4.57 Å². The van der Waals surface area contributed by atoms with Crippen LogP contribution in [-0.2, 0) is 11.3 Å². The molecule has 7 nitrogen and oxygen atoms in total. The molecule has 0 fully saturated rings. The van der Waals surface area contributed by atoms with E-state index < -0.39 is 5.97 Å². The molecule has 0 spiro atoms. The van der Waals surface area contributed by atoms with Crippen LogP contribution < -0.4 is 10.5 Å². The van der Waals surface area contributed by atoms with Gasteiger partial charge < -0.3 is 25.0 Å². The standard InChI is InChI=1S/C29H25N3O4/c1-2-35-29(33)27-16-20-12-13-21(28(30)31-34)17-26(20)32(27)18-22-15-24(36-23-9-4-3-5-10-23)14-19-8-6-7-11-25(19)22/h3-17,34H,2,18H2,1H3,(H2,30,31). The van der Waals surface area contributed by atoms with Crippen LogP contribution in [0.25, 0.3) is 21.7 Å². The molecule has 0 saturated carbocycles. The molecule has 0 aliphatic rings. The largest absolute Gasteiger partial charge is 0.461 e. The first-order valence-electron chi connectivity index (χ1n) is 11.6. The van der Waals surface area contributed by atoms with Crippen molar-refractivity contribution in [3.63, 3.8) is 0 Å². The number of hydrogen-bond acceptors (Lipinski definition) is 5. The number of amidine groups is 1. The van der Waals surface area contributed by atoms with Crippen molar-refractivity contribution in [2.24, 2.45) is 10.9 Å². The molecule has 0 unspecified atom stereocenters. The highest BCUT2D eigenvalue weighted by Gasteiger charge is 2.19. The molecule has 0 radical (unpaired) electrons. The molecule has 0 amide bonds. The Kier molecular flexibility index (Phi) is 6.28. The fourth-order valence-electron chi connectivity index (χ4n) is 4.36. The summed E-state index contributed by atoms with van der Waals surface area (Å²) in [6, 6.07) is 28.8. The van der Waals surface area contributed by atoms with Crippen molar-refractivity contribution < 1.29 is 19.5 Å². The lowest BCUT2D eigenvalue weighted by molar-refractivity contribution is 0.0515. The molecule has 3 N–H and O–H groups in total. The molecular weight excluding hydrogens is 454 g/mol. The van der Waals surface area contributed by atoms with E-state index in [1.165, 1.54) is 0 Å². The number of fused-ring (bicyclic) bond motifs is 2. The van der Waals surface area contributed by atoms with Crippen molar-refractivity contribution in [2.45, 2.75) is 13.5 Å². The van der Waals surface area contributed by atoms with Crippen molar-refractivity contribution in [2.75, 3.05) is 6.61 Å². The molecule has 7 heteroatoms. The van der Waals surface area contributed by atoms with E-state index in [2.05, 4.69) is 11.2 Å². The predicted molar refractivity (Wildman–Crippen MR) is 140 cm³/mol. The summed E-state index contributed by atoms with van der Waals surface area (Å²) in [5, 5.41) is 15.2. The highest BCUT2D eigenvalue weighted by molar-refractivity contribution is 6.02. The third-order valence-corrected chi connectivity index (χ3v) is 6.02. The Morgan fingerprint density at radius 1 is 0.917 bits per heavy atom. The molecule has 0 bridgehead atoms. The Labute approximate surface area is 208 Å². The summed E-state index contributed by atoms with van der Waals surface area (Å²) in [6.07, 6.45) is 0. The van der Waals surface area contributed by atoms with Crippen LogP contribution in [0.1, 0.15) is 28.5 Å². The number of oxime groups is 1. The number of aromatic nitrogens is 1. The van der Waals surface area contributed by atoms with Gasteiger partial charge in [0, 0.05) is 23.0 Å². The van der Waals surface area contributed by atoms with Crippen LogP contribution in [0.5, 0.6) is 11.5 Å². The lowest BCUT2D eigenvalue weighted by atomic mass is 10.0. The number of carbonyl (C=O) groups excluding carboxylic acids is 1. The molecule has 0 saturated heterocycles. The van der Waals surface area contributed by atoms with Gasteiger partial charge in [-0.1, -0.05) is 59.8 Å².